The van der Waals surface area contributed by atoms with Gasteiger partial charge in [0.25, 0.3) is 0 Å². The van der Waals surface area contributed by atoms with Gasteiger partial charge < -0.3 is 11.5 Å². The van der Waals surface area contributed by atoms with Crippen molar-refractivity contribution >= 4 is 31.0 Å². The predicted octanol–water partition coefficient (Wildman–Crippen LogP) is 4.18. The molecule has 4 aromatic rings. The van der Waals surface area contributed by atoms with E-state index >= 15 is 0 Å². The third-order valence-corrected chi connectivity index (χ3v) is 8.61. The number of anilines is 2. The molecule has 0 bridgehead atoms. The van der Waals surface area contributed by atoms with Crippen LogP contribution in [0.4, 0.5) is 11.4 Å². The summed E-state index contributed by atoms with van der Waals surface area (Å²) in [4.78, 5) is 0.649. The average molecular weight is 465 g/mol. The smallest absolute Gasteiger partial charge is 0.206 e. The van der Waals surface area contributed by atoms with Gasteiger partial charge in [0, 0.05) is 11.4 Å². The van der Waals surface area contributed by atoms with E-state index < -0.39 is 19.7 Å². The van der Waals surface area contributed by atoms with Gasteiger partial charge in [-0.25, -0.2) is 16.8 Å². The Balaban J connectivity index is 1.60. The topological polar surface area (TPSA) is 120 Å². The van der Waals surface area contributed by atoms with Gasteiger partial charge in [-0.1, -0.05) is 24.3 Å². The van der Waals surface area contributed by atoms with Crippen molar-refractivity contribution in [3.05, 3.63) is 97.1 Å². The lowest BCUT2D eigenvalue weighted by Crippen LogP contribution is -2.02. The molecular formula is C24H20N2O4S2. The zero-order valence-electron chi connectivity index (χ0n) is 16.8. The Bertz CT molecular complexity index is 1340. The van der Waals surface area contributed by atoms with Gasteiger partial charge in [0.15, 0.2) is 0 Å². The van der Waals surface area contributed by atoms with Crippen LogP contribution in [0.25, 0.3) is 11.1 Å². The highest BCUT2D eigenvalue weighted by molar-refractivity contribution is 7.91. The van der Waals surface area contributed by atoms with Crippen LogP contribution in [0, 0.1) is 0 Å². The maximum absolute atomic E-state index is 12.8. The summed E-state index contributed by atoms with van der Waals surface area (Å²) in [7, 11) is -7.32. The molecule has 0 heterocycles. The summed E-state index contributed by atoms with van der Waals surface area (Å²) in [5.74, 6) is 0. The highest BCUT2D eigenvalue weighted by Gasteiger charge is 2.19. The minimum Gasteiger partial charge on any atom is -0.399 e. The molecule has 0 atom stereocenters. The Morgan fingerprint density at radius 3 is 0.844 bits per heavy atom. The van der Waals surface area contributed by atoms with E-state index in [-0.39, 0.29) is 19.6 Å². The Labute approximate surface area is 187 Å². The number of nitrogen functional groups attached to an aromatic ring is 2. The lowest BCUT2D eigenvalue weighted by atomic mass is 10.1. The summed E-state index contributed by atoms with van der Waals surface area (Å²) in [5, 5.41) is 0. The summed E-state index contributed by atoms with van der Waals surface area (Å²) in [5.41, 5.74) is 13.8. The molecule has 0 fully saturated rings. The van der Waals surface area contributed by atoms with Crippen LogP contribution in [0.2, 0.25) is 0 Å². The minimum absolute atomic E-state index is 0.161. The predicted molar refractivity (Wildman–Crippen MR) is 124 cm³/mol. The Morgan fingerprint density at radius 1 is 0.375 bits per heavy atom. The summed E-state index contributed by atoms with van der Waals surface area (Å²) in [6, 6.07) is 24.9. The van der Waals surface area contributed by atoms with Crippen molar-refractivity contribution in [3.8, 4) is 11.1 Å². The van der Waals surface area contributed by atoms with Gasteiger partial charge in [-0.2, -0.15) is 0 Å². The quantitative estimate of drug-likeness (QED) is 0.428. The fourth-order valence-corrected chi connectivity index (χ4v) is 5.74. The van der Waals surface area contributed by atoms with Crippen LogP contribution in [0.5, 0.6) is 0 Å². The fourth-order valence-electron chi connectivity index (χ4n) is 3.22. The third-order valence-electron chi connectivity index (χ3n) is 5.04. The first-order valence-corrected chi connectivity index (χ1v) is 12.6. The lowest BCUT2D eigenvalue weighted by Gasteiger charge is -2.08. The standard InChI is InChI=1S/C24H20N2O4S2/c25-19-5-13-23(14-6-19)31(27,28)21-9-1-17(2-10-21)18-3-11-22(12-4-18)32(29,30)24-15-7-20(26)8-16-24/h1-16H,25-26H2. The molecule has 0 aromatic heterocycles. The monoisotopic (exact) mass is 464 g/mol. The number of nitrogens with two attached hydrogens (primary N) is 2. The fraction of sp³-hybridized carbons (Fsp3) is 0. The number of hydrogen-bond donors (Lipinski definition) is 2. The molecule has 4 aromatic carbocycles. The van der Waals surface area contributed by atoms with E-state index in [1.165, 1.54) is 48.5 Å². The van der Waals surface area contributed by atoms with Gasteiger partial charge in [0.05, 0.1) is 19.6 Å². The number of benzene rings is 4. The summed E-state index contributed by atoms with van der Waals surface area (Å²) in [6.45, 7) is 0. The van der Waals surface area contributed by atoms with Gasteiger partial charge in [0.2, 0.25) is 19.7 Å². The molecule has 6 nitrogen and oxygen atoms in total. The zero-order valence-corrected chi connectivity index (χ0v) is 18.5. The molecule has 0 aliphatic carbocycles. The summed E-state index contributed by atoms with van der Waals surface area (Å²) < 4.78 is 51.2. The molecule has 162 valence electrons. The van der Waals surface area contributed by atoms with Gasteiger partial charge in [-0.3, -0.25) is 0 Å². The first kappa shape index (κ1) is 21.6. The van der Waals surface area contributed by atoms with Crippen LogP contribution in [-0.4, -0.2) is 16.8 Å². The maximum atomic E-state index is 12.8. The van der Waals surface area contributed by atoms with E-state index in [0.29, 0.717) is 11.4 Å². The van der Waals surface area contributed by atoms with Gasteiger partial charge >= 0.3 is 0 Å². The van der Waals surface area contributed by atoms with Crippen molar-refractivity contribution < 1.29 is 16.8 Å². The first-order valence-electron chi connectivity index (χ1n) is 9.60. The summed E-state index contributed by atoms with van der Waals surface area (Å²) >= 11 is 0. The summed E-state index contributed by atoms with van der Waals surface area (Å²) in [6.07, 6.45) is 0. The van der Waals surface area contributed by atoms with Crippen molar-refractivity contribution in [1.82, 2.24) is 0 Å². The first-order chi connectivity index (χ1) is 15.2. The van der Waals surface area contributed by atoms with Gasteiger partial charge in [-0.15, -0.1) is 0 Å². The number of hydrogen-bond acceptors (Lipinski definition) is 6. The van der Waals surface area contributed by atoms with Crippen molar-refractivity contribution in [2.24, 2.45) is 0 Å². The minimum atomic E-state index is -3.66. The molecule has 32 heavy (non-hydrogen) atoms. The van der Waals surface area contributed by atoms with E-state index in [0.717, 1.165) is 11.1 Å². The molecule has 0 amide bonds. The molecule has 4 rings (SSSR count). The second kappa shape index (κ2) is 8.14. The molecule has 0 spiro atoms. The highest BCUT2D eigenvalue weighted by Crippen LogP contribution is 2.28. The number of sulfone groups is 2. The molecule has 0 aliphatic rings. The molecule has 0 radical (unpaired) electrons. The highest BCUT2D eigenvalue weighted by atomic mass is 32.2. The van der Waals surface area contributed by atoms with Crippen LogP contribution in [0.15, 0.2) is 117 Å². The van der Waals surface area contributed by atoms with Crippen molar-refractivity contribution in [3.63, 3.8) is 0 Å². The van der Waals surface area contributed by atoms with E-state index in [1.807, 2.05) is 0 Å². The average Bonchev–Trinajstić information content (AvgIpc) is 2.80. The molecule has 8 heteroatoms. The SMILES string of the molecule is Nc1ccc(S(=O)(=O)c2ccc(-c3ccc(S(=O)(=O)c4ccc(N)cc4)cc3)cc2)cc1. The van der Waals surface area contributed by atoms with Crippen molar-refractivity contribution in [2.45, 2.75) is 19.6 Å². The molecule has 4 N–H and O–H groups in total. The largest absolute Gasteiger partial charge is 0.399 e. The Kier molecular flexibility index (Phi) is 5.50. The van der Waals surface area contributed by atoms with Gasteiger partial charge in [-0.05, 0) is 83.9 Å². The molecule has 0 unspecified atom stereocenters. The van der Waals surface area contributed by atoms with E-state index in [4.69, 9.17) is 11.5 Å². The van der Waals surface area contributed by atoms with Crippen LogP contribution in [0.3, 0.4) is 0 Å². The maximum Gasteiger partial charge on any atom is 0.206 e. The Morgan fingerprint density at radius 2 is 0.594 bits per heavy atom. The van der Waals surface area contributed by atoms with Crippen molar-refractivity contribution in [1.29, 1.82) is 0 Å². The van der Waals surface area contributed by atoms with Crippen LogP contribution >= 0.6 is 0 Å². The van der Waals surface area contributed by atoms with Crippen LogP contribution < -0.4 is 11.5 Å². The molecular weight excluding hydrogens is 444 g/mol. The second-order valence-corrected chi connectivity index (χ2v) is 11.1. The van der Waals surface area contributed by atoms with E-state index in [1.54, 1.807) is 48.5 Å². The van der Waals surface area contributed by atoms with Gasteiger partial charge in [0.1, 0.15) is 0 Å². The van der Waals surface area contributed by atoms with E-state index in [2.05, 4.69) is 0 Å². The zero-order chi connectivity index (χ0) is 22.9. The third kappa shape index (κ3) is 4.10. The normalized spacial score (nSPS) is 11.9. The second-order valence-electron chi connectivity index (χ2n) is 7.19. The Hall–Kier alpha value is -3.62. The molecule has 0 aliphatic heterocycles. The lowest BCUT2D eigenvalue weighted by molar-refractivity contribution is 0.594. The van der Waals surface area contributed by atoms with Crippen LogP contribution in [0.1, 0.15) is 0 Å². The molecule has 0 saturated carbocycles. The van der Waals surface area contributed by atoms with E-state index in [9.17, 15) is 16.8 Å². The van der Waals surface area contributed by atoms with Crippen molar-refractivity contribution in [2.75, 3.05) is 11.5 Å². The van der Waals surface area contributed by atoms with Crippen LogP contribution in [-0.2, 0) is 19.7 Å². The number of rotatable bonds is 5. The molecule has 0 saturated heterocycles.